The lowest BCUT2D eigenvalue weighted by Crippen LogP contribution is -2.46. The number of carbonyl (C=O) groups excluding carboxylic acids is 1. The van der Waals surface area contributed by atoms with Gasteiger partial charge >= 0.3 is 11.7 Å². The molecule has 1 saturated carbocycles. The molecule has 0 spiro atoms. The summed E-state index contributed by atoms with van der Waals surface area (Å²) >= 11 is 0. The minimum atomic E-state index is -0.873. The number of nitro groups is 1. The highest BCUT2D eigenvalue weighted by Gasteiger charge is 2.35. The van der Waals surface area contributed by atoms with Crippen LogP contribution < -0.4 is 10.1 Å². The van der Waals surface area contributed by atoms with Crippen LogP contribution in [0.25, 0.3) is 0 Å². The van der Waals surface area contributed by atoms with Crippen molar-refractivity contribution in [3.8, 4) is 5.75 Å². The lowest BCUT2D eigenvalue weighted by atomic mass is 9.80. The first kappa shape index (κ1) is 15.7. The second kappa shape index (κ2) is 6.42. The van der Waals surface area contributed by atoms with Gasteiger partial charge in [-0.25, -0.2) is 0 Å². The number of hydrogen-bond donors (Lipinski definition) is 2. The van der Waals surface area contributed by atoms with E-state index in [1.165, 1.54) is 12.1 Å². The maximum atomic E-state index is 12.0. The van der Waals surface area contributed by atoms with Crippen molar-refractivity contribution in [2.24, 2.45) is 5.92 Å². The van der Waals surface area contributed by atoms with Crippen molar-refractivity contribution in [2.75, 3.05) is 6.61 Å². The van der Waals surface area contributed by atoms with E-state index < -0.39 is 22.7 Å². The Bertz CT molecular complexity index is 609. The second-order valence-corrected chi connectivity index (χ2v) is 5.05. The summed E-state index contributed by atoms with van der Waals surface area (Å²) in [5.74, 6) is -1.65. The Morgan fingerprint density at radius 2 is 2.14 bits per heavy atom. The number of carbonyl (C=O) groups is 2. The van der Waals surface area contributed by atoms with Crippen molar-refractivity contribution in [1.82, 2.24) is 5.32 Å². The Hall–Kier alpha value is -2.64. The third-order valence-corrected chi connectivity index (χ3v) is 3.54. The SMILES string of the molecule is CCOc1ccc(C(=O)NC2CC(C(=O)O)C2)cc1[N+](=O)[O-]. The van der Waals surface area contributed by atoms with Crippen molar-refractivity contribution in [3.05, 3.63) is 33.9 Å². The van der Waals surface area contributed by atoms with Gasteiger partial charge in [0.25, 0.3) is 5.91 Å². The Balaban J connectivity index is 2.06. The van der Waals surface area contributed by atoms with Crippen LogP contribution in [0.5, 0.6) is 5.75 Å². The maximum absolute atomic E-state index is 12.0. The van der Waals surface area contributed by atoms with Gasteiger partial charge in [-0.05, 0) is 31.9 Å². The van der Waals surface area contributed by atoms with Gasteiger partial charge in [0.05, 0.1) is 17.4 Å². The molecule has 0 saturated heterocycles. The van der Waals surface area contributed by atoms with Crippen molar-refractivity contribution in [1.29, 1.82) is 0 Å². The van der Waals surface area contributed by atoms with Gasteiger partial charge in [0.2, 0.25) is 0 Å². The van der Waals surface area contributed by atoms with Crippen LogP contribution in [0.4, 0.5) is 5.69 Å². The molecule has 0 unspecified atom stereocenters. The Kier molecular flexibility index (Phi) is 4.59. The fraction of sp³-hybridized carbons (Fsp3) is 0.429. The zero-order valence-electron chi connectivity index (χ0n) is 11.9. The molecule has 8 nitrogen and oxygen atoms in total. The van der Waals surface area contributed by atoms with Crippen LogP contribution in [0.1, 0.15) is 30.1 Å². The Labute approximate surface area is 126 Å². The Morgan fingerprint density at radius 1 is 1.45 bits per heavy atom. The molecule has 0 aliphatic heterocycles. The molecule has 1 aliphatic rings. The summed E-state index contributed by atoms with van der Waals surface area (Å²) in [5, 5.41) is 22.5. The highest BCUT2D eigenvalue weighted by Crippen LogP contribution is 2.30. The van der Waals surface area contributed by atoms with Crippen molar-refractivity contribution in [3.63, 3.8) is 0 Å². The molecule has 1 aliphatic carbocycles. The number of rotatable bonds is 6. The quantitative estimate of drug-likeness (QED) is 0.608. The van der Waals surface area contributed by atoms with Crippen molar-refractivity contribution in [2.45, 2.75) is 25.8 Å². The number of aliphatic carboxylic acids is 1. The monoisotopic (exact) mass is 308 g/mol. The molecular weight excluding hydrogens is 292 g/mol. The fourth-order valence-electron chi connectivity index (χ4n) is 2.28. The molecule has 0 aromatic heterocycles. The van der Waals surface area contributed by atoms with E-state index in [0.717, 1.165) is 6.07 Å². The first-order valence-electron chi connectivity index (χ1n) is 6.87. The van der Waals surface area contributed by atoms with Gasteiger partial charge in [0.1, 0.15) is 0 Å². The lowest BCUT2D eigenvalue weighted by Gasteiger charge is -2.32. The predicted octanol–water partition coefficient (Wildman–Crippen LogP) is 1.59. The van der Waals surface area contributed by atoms with Crippen LogP contribution in [0, 0.1) is 16.0 Å². The highest BCUT2D eigenvalue weighted by molar-refractivity contribution is 5.95. The van der Waals surface area contributed by atoms with Gasteiger partial charge in [0.15, 0.2) is 5.75 Å². The first-order valence-corrected chi connectivity index (χ1v) is 6.87. The summed E-state index contributed by atoms with van der Waals surface area (Å²) < 4.78 is 5.15. The summed E-state index contributed by atoms with van der Waals surface area (Å²) in [6, 6.07) is 3.78. The van der Waals surface area contributed by atoms with Gasteiger partial charge < -0.3 is 15.2 Å². The molecule has 1 aromatic rings. The molecular formula is C14H16N2O6. The van der Waals surface area contributed by atoms with Crippen LogP contribution in [0.15, 0.2) is 18.2 Å². The molecule has 2 N–H and O–H groups in total. The summed E-state index contributed by atoms with van der Waals surface area (Å²) in [6.45, 7) is 1.99. The van der Waals surface area contributed by atoms with Gasteiger partial charge in [-0.2, -0.15) is 0 Å². The average molecular weight is 308 g/mol. The number of amides is 1. The number of carboxylic acids is 1. The third-order valence-electron chi connectivity index (χ3n) is 3.54. The minimum absolute atomic E-state index is 0.110. The van der Waals surface area contributed by atoms with E-state index in [1.54, 1.807) is 6.92 Å². The summed E-state index contributed by atoms with van der Waals surface area (Å²) in [5.41, 5.74) is -0.125. The molecule has 0 atom stereocenters. The van der Waals surface area contributed by atoms with Gasteiger partial charge in [-0.15, -0.1) is 0 Å². The van der Waals surface area contributed by atoms with Gasteiger partial charge in [0, 0.05) is 17.7 Å². The summed E-state index contributed by atoms with van der Waals surface area (Å²) in [7, 11) is 0. The minimum Gasteiger partial charge on any atom is -0.487 e. The standard InChI is InChI=1S/C14H16N2O6/c1-2-22-12-4-3-8(7-11(12)16(20)21)13(17)15-10-5-9(6-10)14(18)19/h3-4,7,9-10H,2,5-6H2,1H3,(H,15,17)(H,18,19). The van der Waals surface area contributed by atoms with E-state index in [-0.39, 0.29) is 29.6 Å². The molecule has 2 rings (SSSR count). The van der Waals surface area contributed by atoms with Gasteiger partial charge in [-0.1, -0.05) is 0 Å². The molecule has 1 aromatic carbocycles. The lowest BCUT2D eigenvalue weighted by molar-refractivity contribution is -0.385. The topological polar surface area (TPSA) is 119 Å². The van der Waals surface area contributed by atoms with Crippen LogP contribution in [0.2, 0.25) is 0 Å². The van der Waals surface area contributed by atoms with Crippen LogP contribution in [0.3, 0.4) is 0 Å². The van der Waals surface area contributed by atoms with E-state index in [2.05, 4.69) is 5.32 Å². The zero-order chi connectivity index (χ0) is 16.3. The van der Waals surface area contributed by atoms with E-state index in [0.29, 0.717) is 12.8 Å². The van der Waals surface area contributed by atoms with Crippen LogP contribution in [-0.2, 0) is 4.79 Å². The maximum Gasteiger partial charge on any atom is 0.311 e. The molecule has 0 heterocycles. The van der Waals surface area contributed by atoms with Crippen LogP contribution >= 0.6 is 0 Å². The number of benzene rings is 1. The smallest absolute Gasteiger partial charge is 0.311 e. The largest absolute Gasteiger partial charge is 0.487 e. The fourth-order valence-corrected chi connectivity index (χ4v) is 2.28. The number of nitro benzene ring substituents is 1. The normalized spacial score (nSPS) is 19.9. The number of hydrogen-bond acceptors (Lipinski definition) is 5. The number of nitrogens with one attached hydrogen (secondary N) is 1. The highest BCUT2D eigenvalue weighted by atomic mass is 16.6. The molecule has 0 radical (unpaired) electrons. The second-order valence-electron chi connectivity index (χ2n) is 5.05. The first-order chi connectivity index (χ1) is 10.4. The predicted molar refractivity (Wildman–Crippen MR) is 75.9 cm³/mol. The number of ether oxygens (including phenoxy) is 1. The third kappa shape index (κ3) is 3.33. The molecule has 22 heavy (non-hydrogen) atoms. The zero-order valence-corrected chi connectivity index (χ0v) is 11.9. The summed E-state index contributed by atoms with van der Waals surface area (Å²) in [4.78, 5) is 33.1. The average Bonchev–Trinajstić information content (AvgIpc) is 2.42. The van der Waals surface area contributed by atoms with Crippen molar-refractivity contribution >= 4 is 17.6 Å². The summed E-state index contributed by atoms with van der Waals surface area (Å²) in [6.07, 6.45) is 0.750. The molecule has 8 heteroatoms. The molecule has 1 fully saturated rings. The van der Waals surface area contributed by atoms with Gasteiger partial charge in [-0.3, -0.25) is 19.7 Å². The van der Waals surface area contributed by atoms with Crippen molar-refractivity contribution < 1.29 is 24.4 Å². The Morgan fingerprint density at radius 3 is 2.68 bits per heavy atom. The van der Waals surface area contributed by atoms with E-state index in [9.17, 15) is 19.7 Å². The molecule has 1 amide bonds. The number of carboxylic acid groups (broad SMARTS) is 1. The van der Waals surface area contributed by atoms with E-state index >= 15 is 0 Å². The number of nitrogens with zero attached hydrogens (tertiary/aromatic N) is 1. The molecule has 0 bridgehead atoms. The van der Waals surface area contributed by atoms with E-state index in [1.807, 2.05) is 0 Å². The molecule has 118 valence electrons. The van der Waals surface area contributed by atoms with E-state index in [4.69, 9.17) is 9.84 Å². The van der Waals surface area contributed by atoms with Crippen LogP contribution in [-0.4, -0.2) is 34.6 Å².